The highest BCUT2D eigenvalue weighted by Crippen LogP contribution is 3.02. The minimum absolute atomic E-state index is 0.0103. The molecular formula is C21H16F8N4O2S. The molecule has 0 spiro atoms. The maximum atomic E-state index is 13.7. The third-order valence-corrected chi connectivity index (χ3v) is 7.38. The monoisotopic (exact) mass is 540 g/mol. The Morgan fingerprint density at radius 2 is 1.81 bits per heavy atom. The fraction of sp³-hybridized carbons (Fsp3) is 0.333. The average Bonchev–Trinajstić information content (AvgIpc) is 3.44. The molecule has 2 fully saturated rings. The van der Waals surface area contributed by atoms with Gasteiger partial charge in [-0.3, -0.25) is 19.6 Å². The Kier molecular flexibility index (Phi) is 5.38. The molecule has 1 aliphatic carbocycles. The van der Waals surface area contributed by atoms with Crippen LogP contribution in [0.25, 0.3) is 0 Å². The zero-order valence-electron chi connectivity index (χ0n) is 17.9. The predicted molar refractivity (Wildman–Crippen MR) is 111 cm³/mol. The molecular weight excluding hydrogens is 524 g/mol. The predicted octanol–water partition coefficient (Wildman–Crippen LogP) is 5.83. The first-order valence-corrected chi connectivity index (χ1v) is 12.2. The van der Waals surface area contributed by atoms with Crippen molar-refractivity contribution in [3.8, 4) is 6.19 Å². The number of carbonyl (C=O) groups is 2. The number of halogens is 8. The molecule has 4 unspecified atom stereocenters. The van der Waals surface area contributed by atoms with Crippen LogP contribution in [0.2, 0.25) is 0 Å². The molecule has 1 aromatic carbocycles. The van der Waals surface area contributed by atoms with Crippen LogP contribution in [0.1, 0.15) is 23.6 Å². The second kappa shape index (κ2) is 7.55. The van der Waals surface area contributed by atoms with E-state index in [-0.39, 0.29) is 36.8 Å². The summed E-state index contributed by atoms with van der Waals surface area (Å²) in [6.07, 6.45) is -1.22. The summed E-state index contributed by atoms with van der Waals surface area (Å²) in [5, 5.41) is 9.39. The van der Waals surface area contributed by atoms with Crippen LogP contribution in [0, 0.1) is 23.3 Å². The number of piperidine rings is 1. The number of nitriles is 1. The van der Waals surface area contributed by atoms with Gasteiger partial charge in [-0.1, -0.05) is 19.4 Å². The smallest absolute Gasteiger partial charge is 0.301 e. The quantitative estimate of drug-likeness (QED) is 0.262. The highest BCUT2D eigenvalue weighted by molar-refractivity contribution is 8.45. The van der Waals surface area contributed by atoms with Gasteiger partial charge in [0, 0.05) is 30.2 Å². The average molecular weight is 540 g/mol. The van der Waals surface area contributed by atoms with Gasteiger partial charge >= 0.3 is 16.4 Å². The first-order valence-electron chi connectivity index (χ1n) is 10.3. The van der Waals surface area contributed by atoms with E-state index < -0.39 is 56.1 Å². The molecule has 6 nitrogen and oxygen atoms in total. The number of aldehydes is 1. The molecule has 4 rings (SSSR count). The summed E-state index contributed by atoms with van der Waals surface area (Å²) >= 11 is 0. The molecule has 2 aromatic rings. The van der Waals surface area contributed by atoms with Crippen LogP contribution >= 0.6 is 10.2 Å². The van der Waals surface area contributed by atoms with Gasteiger partial charge in [0.05, 0.1) is 5.56 Å². The summed E-state index contributed by atoms with van der Waals surface area (Å²) in [7, 11) is -10.1. The lowest BCUT2D eigenvalue weighted by atomic mass is 9.99. The number of hydrogen-bond acceptors (Lipinski definition) is 5. The summed E-state index contributed by atoms with van der Waals surface area (Å²) in [5.74, 6) is -1.43. The highest BCUT2D eigenvalue weighted by Gasteiger charge is 2.65. The first kappa shape index (κ1) is 25.7. The fourth-order valence-electron chi connectivity index (χ4n) is 4.49. The Morgan fingerprint density at radius 3 is 2.33 bits per heavy atom. The van der Waals surface area contributed by atoms with Crippen LogP contribution in [0.4, 0.5) is 38.3 Å². The molecule has 15 heteroatoms. The van der Waals surface area contributed by atoms with Gasteiger partial charge < -0.3 is 4.79 Å². The number of nitrogens with zero attached hydrogens (tertiary/aromatic N) is 4. The Bertz CT molecular complexity index is 1260. The standard InChI is InChI=1S/C21H16F8N4O2S/c22-21(23,24)17-5-6-31-8-16(17)18(10-34)33(20(35)19-15-7-12(15)9-32(19)11-30)13-1-3-14(4-2-13)36(25,26,27,28)29/h1-6,8,10,12,15,18-19H,7,9H2. The van der Waals surface area contributed by atoms with Crippen LogP contribution < -0.4 is 4.90 Å². The third kappa shape index (κ3) is 4.69. The molecule has 4 atom stereocenters. The maximum Gasteiger partial charge on any atom is 0.416 e. The van der Waals surface area contributed by atoms with Gasteiger partial charge in [0.2, 0.25) is 0 Å². The normalized spacial score (nSPS) is 24.1. The van der Waals surface area contributed by atoms with E-state index in [4.69, 9.17) is 0 Å². The molecule has 2 aliphatic rings. The number of hydrogen-bond donors (Lipinski definition) is 0. The van der Waals surface area contributed by atoms with Gasteiger partial charge in [-0.15, -0.1) is 0 Å². The van der Waals surface area contributed by atoms with Crippen LogP contribution in [0.3, 0.4) is 0 Å². The van der Waals surface area contributed by atoms with Gasteiger partial charge in [0.15, 0.2) is 6.19 Å². The molecule has 1 saturated heterocycles. The molecule has 2 heterocycles. The number of fused-ring (bicyclic) bond motifs is 1. The molecule has 194 valence electrons. The molecule has 0 N–H and O–H groups in total. The van der Waals surface area contributed by atoms with Gasteiger partial charge in [-0.2, -0.15) is 18.4 Å². The Morgan fingerprint density at radius 1 is 1.17 bits per heavy atom. The van der Waals surface area contributed by atoms with E-state index in [1.165, 1.54) is 0 Å². The number of amides is 1. The van der Waals surface area contributed by atoms with E-state index in [9.17, 15) is 47.5 Å². The number of likely N-dealkylation sites (tertiary alicyclic amines) is 1. The second-order valence-electron chi connectivity index (χ2n) is 8.57. The SMILES string of the molecule is N#CN1CC2CC2C1C(=O)N(c1ccc(S(F)(F)(F)(F)F)cc1)C(C=O)c1cnccc1C(F)(F)F. The number of pyridine rings is 1. The summed E-state index contributed by atoms with van der Waals surface area (Å²) < 4.78 is 107. The Hall–Kier alpha value is -3.41. The molecule has 1 aliphatic heterocycles. The van der Waals surface area contributed by atoms with Gasteiger partial charge in [-0.05, 0) is 48.6 Å². The van der Waals surface area contributed by atoms with E-state index in [0.29, 0.717) is 35.7 Å². The number of benzene rings is 1. The lowest BCUT2D eigenvalue weighted by Crippen LogP contribution is -2.48. The van der Waals surface area contributed by atoms with Crippen molar-refractivity contribution in [1.82, 2.24) is 9.88 Å². The number of alkyl halides is 3. The van der Waals surface area contributed by atoms with E-state index in [2.05, 4.69) is 4.98 Å². The number of rotatable bonds is 6. The second-order valence-corrected chi connectivity index (χ2v) is 11.0. The number of carbonyl (C=O) groups excluding carboxylic acids is 2. The summed E-state index contributed by atoms with van der Waals surface area (Å²) in [4.78, 5) is 28.6. The fourth-order valence-corrected chi connectivity index (χ4v) is 5.14. The van der Waals surface area contributed by atoms with Crippen molar-refractivity contribution >= 4 is 28.1 Å². The summed E-state index contributed by atoms with van der Waals surface area (Å²) in [6, 6.07) is -1.74. The van der Waals surface area contributed by atoms with Crippen molar-refractivity contribution in [1.29, 1.82) is 5.26 Å². The maximum absolute atomic E-state index is 13.7. The van der Waals surface area contributed by atoms with Crippen molar-refractivity contribution in [3.05, 3.63) is 53.9 Å². The van der Waals surface area contributed by atoms with Crippen LogP contribution in [-0.2, 0) is 15.8 Å². The van der Waals surface area contributed by atoms with E-state index in [1.807, 2.05) is 0 Å². The van der Waals surface area contributed by atoms with Crippen molar-refractivity contribution in [2.45, 2.75) is 29.6 Å². The lowest BCUT2D eigenvalue weighted by molar-refractivity contribution is -0.138. The van der Waals surface area contributed by atoms with Crippen molar-refractivity contribution in [2.24, 2.45) is 11.8 Å². The Balaban J connectivity index is 1.86. The summed E-state index contributed by atoms with van der Waals surface area (Å²) in [5.41, 5.74) is -2.65. The summed E-state index contributed by atoms with van der Waals surface area (Å²) in [6.45, 7) is 0.182. The Labute approximate surface area is 198 Å². The van der Waals surface area contributed by atoms with Gasteiger partial charge in [-0.25, -0.2) is 0 Å². The zero-order chi connectivity index (χ0) is 26.7. The minimum Gasteiger partial charge on any atom is -0.301 e. The molecule has 1 saturated carbocycles. The van der Waals surface area contributed by atoms with Crippen LogP contribution in [0.5, 0.6) is 0 Å². The van der Waals surface area contributed by atoms with E-state index in [0.717, 1.165) is 11.1 Å². The number of anilines is 1. The van der Waals surface area contributed by atoms with Gasteiger partial charge in [0.25, 0.3) is 5.91 Å². The van der Waals surface area contributed by atoms with Crippen LogP contribution in [0.15, 0.2) is 47.6 Å². The largest absolute Gasteiger partial charge is 0.416 e. The molecule has 1 aromatic heterocycles. The molecule has 0 bridgehead atoms. The highest BCUT2D eigenvalue weighted by atomic mass is 32.5. The van der Waals surface area contributed by atoms with E-state index >= 15 is 0 Å². The number of aromatic nitrogens is 1. The topological polar surface area (TPSA) is 77.3 Å². The van der Waals surface area contributed by atoms with Crippen molar-refractivity contribution < 1.29 is 42.2 Å². The zero-order valence-corrected chi connectivity index (χ0v) is 18.7. The van der Waals surface area contributed by atoms with Crippen LogP contribution in [-0.4, -0.2) is 34.7 Å². The molecule has 1 amide bonds. The molecule has 36 heavy (non-hydrogen) atoms. The van der Waals surface area contributed by atoms with Gasteiger partial charge in [0.1, 0.15) is 23.3 Å². The first-order chi connectivity index (χ1) is 16.5. The third-order valence-electron chi connectivity index (χ3n) is 6.21. The molecule has 0 radical (unpaired) electrons. The lowest BCUT2D eigenvalue weighted by Gasteiger charge is -2.41. The van der Waals surface area contributed by atoms with E-state index in [1.54, 1.807) is 6.19 Å². The van der Waals surface area contributed by atoms with Crippen molar-refractivity contribution in [2.75, 3.05) is 11.4 Å². The minimum atomic E-state index is -10.1. The van der Waals surface area contributed by atoms with Crippen molar-refractivity contribution in [3.63, 3.8) is 0 Å².